The minimum atomic E-state index is -0.235. The first-order chi connectivity index (χ1) is 5.70. The van der Waals surface area contributed by atoms with E-state index in [1.807, 2.05) is 13.8 Å². The van der Waals surface area contributed by atoms with Gasteiger partial charge in [-0.3, -0.25) is 9.99 Å². The fraction of sp³-hybridized carbons (Fsp3) is 0.429. The molecule has 0 saturated carbocycles. The Hall–Kier alpha value is -1.36. The van der Waals surface area contributed by atoms with Crippen molar-refractivity contribution >= 4 is 6.03 Å². The minimum Gasteiger partial charge on any atom is -0.272 e. The lowest BCUT2D eigenvalue weighted by atomic mass is 10.4. The van der Waals surface area contributed by atoms with Crippen LogP contribution in [0.3, 0.4) is 0 Å². The molecule has 1 amide bonds. The maximum Gasteiger partial charge on any atom is 0.341 e. The summed E-state index contributed by atoms with van der Waals surface area (Å²) in [6, 6.07) is -0.0151. The molecule has 0 spiro atoms. The van der Waals surface area contributed by atoms with E-state index in [2.05, 4.69) is 15.8 Å². The Bertz CT molecular complexity index is 242. The highest BCUT2D eigenvalue weighted by atomic mass is 16.2. The van der Waals surface area contributed by atoms with Crippen molar-refractivity contribution in [2.24, 2.45) is 0 Å². The molecule has 5 heteroatoms. The van der Waals surface area contributed by atoms with E-state index in [9.17, 15) is 4.79 Å². The number of hydrogen-bond acceptors (Lipinski definition) is 3. The zero-order chi connectivity index (χ0) is 8.97. The topological polar surface area (TPSA) is 58.9 Å². The molecule has 1 aromatic heterocycles. The second-order valence-corrected chi connectivity index (χ2v) is 2.70. The molecule has 1 heterocycles. The normalized spacial score (nSPS) is 10.2. The number of carbonyl (C=O) groups is 1. The second-order valence-electron chi connectivity index (χ2n) is 2.70. The highest BCUT2D eigenvalue weighted by Gasteiger charge is 2.01. The van der Waals surface area contributed by atoms with Crippen LogP contribution in [0.2, 0.25) is 0 Å². The highest BCUT2D eigenvalue weighted by Crippen LogP contribution is 1.83. The summed E-state index contributed by atoms with van der Waals surface area (Å²) in [4.78, 5) is 14.9. The van der Waals surface area contributed by atoms with Crippen LogP contribution < -0.4 is 10.9 Å². The lowest BCUT2D eigenvalue weighted by Gasteiger charge is -2.09. The van der Waals surface area contributed by atoms with Crippen LogP contribution in [0.15, 0.2) is 18.7 Å². The fourth-order valence-electron chi connectivity index (χ4n) is 0.650. The van der Waals surface area contributed by atoms with E-state index in [-0.39, 0.29) is 12.1 Å². The molecule has 0 bridgehead atoms. The van der Waals surface area contributed by atoms with E-state index in [0.29, 0.717) is 0 Å². The van der Waals surface area contributed by atoms with Gasteiger partial charge in [-0.2, -0.15) is 0 Å². The van der Waals surface area contributed by atoms with Crippen LogP contribution in [0.4, 0.5) is 4.79 Å². The monoisotopic (exact) mass is 168 g/mol. The average molecular weight is 168 g/mol. The van der Waals surface area contributed by atoms with Gasteiger partial charge in [0, 0.05) is 18.4 Å². The van der Waals surface area contributed by atoms with Crippen molar-refractivity contribution in [1.29, 1.82) is 0 Å². The number of hydrazine groups is 1. The van der Waals surface area contributed by atoms with Crippen LogP contribution in [0.5, 0.6) is 0 Å². The number of imidazole rings is 1. The first kappa shape index (κ1) is 8.73. The van der Waals surface area contributed by atoms with Gasteiger partial charge in [0.1, 0.15) is 6.33 Å². The summed E-state index contributed by atoms with van der Waals surface area (Å²) in [5.74, 6) is 0. The van der Waals surface area contributed by atoms with Crippen molar-refractivity contribution < 1.29 is 4.79 Å². The summed E-state index contributed by atoms with van der Waals surface area (Å²) in [7, 11) is 0. The first-order valence-electron chi connectivity index (χ1n) is 3.74. The van der Waals surface area contributed by atoms with Crippen molar-refractivity contribution in [3.63, 3.8) is 0 Å². The average Bonchev–Trinajstić information content (AvgIpc) is 2.51. The molecule has 0 unspecified atom stereocenters. The summed E-state index contributed by atoms with van der Waals surface area (Å²) in [5, 5.41) is 0. The standard InChI is InChI=1S/C7H12N4O/c1-6(2)9-10-7(12)11-4-3-8-5-11/h3-6,9H,1-2H3,(H,10,12). The third kappa shape index (κ3) is 2.35. The lowest BCUT2D eigenvalue weighted by Crippen LogP contribution is -2.43. The van der Waals surface area contributed by atoms with E-state index in [0.717, 1.165) is 0 Å². The van der Waals surface area contributed by atoms with E-state index >= 15 is 0 Å². The van der Waals surface area contributed by atoms with Crippen LogP contribution in [0, 0.1) is 0 Å². The summed E-state index contributed by atoms with van der Waals surface area (Å²) in [6.45, 7) is 3.88. The number of nitrogens with one attached hydrogen (secondary N) is 2. The van der Waals surface area contributed by atoms with Crippen LogP contribution in [0.25, 0.3) is 0 Å². The zero-order valence-corrected chi connectivity index (χ0v) is 7.11. The van der Waals surface area contributed by atoms with Gasteiger partial charge in [-0.25, -0.2) is 15.2 Å². The van der Waals surface area contributed by atoms with Gasteiger partial charge in [-0.05, 0) is 13.8 Å². The van der Waals surface area contributed by atoms with Crippen LogP contribution in [-0.2, 0) is 0 Å². The Kier molecular flexibility index (Phi) is 2.82. The lowest BCUT2D eigenvalue weighted by molar-refractivity contribution is 0.236. The van der Waals surface area contributed by atoms with Crippen molar-refractivity contribution in [2.75, 3.05) is 0 Å². The number of hydrogen-bond donors (Lipinski definition) is 2. The molecule has 0 saturated heterocycles. The molecule has 12 heavy (non-hydrogen) atoms. The molecule has 0 fully saturated rings. The predicted octanol–water partition coefficient (Wildman–Crippen LogP) is 0.354. The van der Waals surface area contributed by atoms with E-state index in [1.54, 1.807) is 12.4 Å². The predicted molar refractivity (Wildman–Crippen MR) is 44.4 cm³/mol. The fourth-order valence-corrected chi connectivity index (χ4v) is 0.650. The Morgan fingerprint density at radius 2 is 2.33 bits per heavy atom. The third-order valence-corrected chi connectivity index (χ3v) is 1.21. The molecule has 0 aliphatic heterocycles. The highest BCUT2D eigenvalue weighted by molar-refractivity contribution is 5.75. The van der Waals surface area contributed by atoms with E-state index < -0.39 is 0 Å². The molecule has 0 aromatic carbocycles. The maximum atomic E-state index is 11.2. The molecular weight excluding hydrogens is 156 g/mol. The maximum absolute atomic E-state index is 11.2. The molecule has 0 aliphatic rings. The summed E-state index contributed by atoms with van der Waals surface area (Å²) in [5.41, 5.74) is 5.30. The Morgan fingerprint density at radius 1 is 1.58 bits per heavy atom. The minimum absolute atomic E-state index is 0.220. The largest absolute Gasteiger partial charge is 0.341 e. The summed E-state index contributed by atoms with van der Waals surface area (Å²) >= 11 is 0. The number of amides is 1. The van der Waals surface area contributed by atoms with Crippen LogP contribution in [-0.4, -0.2) is 21.6 Å². The molecule has 66 valence electrons. The smallest absolute Gasteiger partial charge is 0.272 e. The molecule has 0 radical (unpaired) electrons. The van der Waals surface area contributed by atoms with Gasteiger partial charge < -0.3 is 0 Å². The van der Waals surface area contributed by atoms with Crippen LogP contribution >= 0.6 is 0 Å². The summed E-state index contributed by atoms with van der Waals surface area (Å²) in [6.07, 6.45) is 4.57. The van der Waals surface area contributed by atoms with Crippen molar-refractivity contribution in [1.82, 2.24) is 20.4 Å². The van der Waals surface area contributed by atoms with Crippen molar-refractivity contribution in [2.45, 2.75) is 19.9 Å². The molecular formula is C7H12N4O. The first-order valence-corrected chi connectivity index (χ1v) is 3.74. The molecule has 2 N–H and O–H groups in total. The third-order valence-electron chi connectivity index (χ3n) is 1.21. The van der Waals surface area contributed by atoms with Gasteiger partial charge in [0.25, 0.3) is 0 Å². The number of nitrogens with zero attached hydrogens (tertiary/aromatic N) is 2. The van der Waals surface area contributed by atoms with Gasteiger partial charge in [-0.15, -0.1) is 0 Å². The van der Waals surface area contributed by atoms with E-state index in [4.69, 9.17) is 0 Å². The molecule has 0 atom stereocenters. The Labute approximate surface area is 70.8 Å². The van der Waals surface area contributed by atoms with Crippen molar-refractivity contribution in [3.8, 4) is 0 Å². The van der Waals surface area contributed by atoms with E-state index in [1.165, 1.54) is 10.9 Å². The molecule has 1 rings (SSSR count). The second kappa shape index (κ2) is 3.87. The Balaban J connectivity index is 2.40. The van der Waals surface area contributed by atoms with Crippen LogP contribution in [0.1, 0.15) is 13.8 Å². The summed E-state index contributed by atoms with van der Waals surface area (Å²) < 4.78 is 1.36. The van der Waals surface area contributed by atoms with Gasteiger partial charge in [0.2, 0.25) is 0 Å². The van der Waals surface area contributed by atoms with Gasteiger partial charge >= 0.3 is 6.03 Å². The SMILES string of the molecule is CC(C)NNC(=O)n1ccnc1. The number of aromatic nitrogens is 2. The quantitative estimate of drug-likeness (QED) is 0.626. The Morgan fingerprint density at radius 3 is 2.83 bits per heavy atom. The van der Waals surface area contributed by atoms with Gasteiger partial charge in [-0.1, -0.05) is 0 Å². The number of rotatable bonds is 2. The molecule has 5 nitrogen and oxygen atoms in total. The zero-order valence-electron chi connectivity index (χ0n) is 7.11. The molecule has 0 aliphatic carbocycles. The van der Waals surface area contributed by atoms with Crippen molar-refractivity contribution in [3.05, 3.63) is 18.7 Å². The molecule has 1 aromatic rings. The number of carbonyl (C=O) groups excluding carboxylic acids is 1. The van der Waals surface area contributed by atoms with Gasteiger partial charge in [0.05, 0.1) is 0 Å². The van der Waals surface area contributed by atoms with Gasteiger partial charge in [0.15, 0.2) is 0 Å².